The molecule has 5 heteroatoms. The topological polar surface area (TPSA) is 48.3 Å². The number of hydrogen-bond donors (Lipinski definition) is 0. The van der Waals surface area contributed by atoms with Gasteiger partial charge in [0.05, 0.1) is 7.11 Å². The number of Topliss-reactive ketones (excluding diaryl/α,β-unsaturated/α-hetero) is 1. The first-order valence-corrected chi connectivity index (χ1v) is 10.7. The van der Waals surface area contributed by atoms with Gasteiger partial charge < -0.3 is 9.30 Å². The normalized spacial score (nSPS) is 12.1. The Kier molecular flexibility index (Phi) is 7.33. The molecule has 158 valence electrons. The maximum atomic E-state index is 13.3. The van der Waals surface area contributed by atoms with Gasteiger partial charge in [-0.2, -0.15) is 0 Å². The molecule has 4 nitrogen and oxygen atoms in total. The molecule has 0 aliphatic heterocycles. The Labute approximate surface area is 182 Å². The highest BCUT2D eigenvalue weighted by Crippen LogP contribution is 2.31. The van der Waals surface area contributed by atoms with E-state index in [-0.39, 0.29) is 24.1 Å². The zero-order valence-electron chi connectivity index (χ0n) is 17.8. The molecule has 1 heterocycles. The number of aromatic nitrogens is 1. The van der Waals surface area contributed by atoms with E-state index >= 15 is 0 Å². The monoisotopic (exact) mass is 425 g/mol. The average Bonchev–Trinajstić information content (AvgIpc) is 2.99. The van der Waals surface area contributed by atoms with Gasteiger partial charge in [-0.15, -0.1) is 0 Å². The molecule has 0 N–H and O–H groups in total. The van der Waals surface area contributed by atoms with Gasteiger partial charge in [0.1, 0.15) is 0 Å². The SMILES string of the molecule is COC(=O)CC(C)CC(=O)c1c(CCCc2ccccc2)n(C)c2ccc(Cl)cc12. The summed E-state index contributed by atoms with van der Waals surface area (Å²) in [5, 5.41) is 1.50. The molecule has 1 unspecified atom stereocenters. The fraction of sp³-hybridized carbons (Fsp3) is 0.360. The van der Waals surface area contributed by atoms with Crippen LogP contribution in [0.1, 0.15) is 47.8 Å². The van der Waals surface area contributed by atoms with E-state index in [0.29, 0.717) is 11.4 Å². The van der Waals surface area contributed by atoms with E-state index in [2.05, 4.69) is 16.7 Å². The third-order valence-electron chi connectivity index (χ3n) is 5.56. The molecule has 2 aromatic carbocycles. The molecule has 0 aliphatic carbocycles. The molecule has 0 spiro atoms. The predicted molar refractivity (Wildman–Crippen MR) is 121 cm³/mol. The summed E-state index contributed by atoms with van der Waals surface area (Å²) in [6.45, 7) is 1.90. The maximum absolute atomic E-state index is 13.3. The number of ketones is 1. The van der Waals surface area contributed by atoms with Gasteiger partial charge in [-0.25, -0.2) is 0 Å². The molecule has 1 aromatic heterocycles. The molecule has 0 saturated heterocycles. The van der Waals surface area contributed by atoms with Crippen LogP contribution in [0.25, 0.3) is 10.9 Å². The lowest BCUT2D eigenvalue weighted by atomic mass is 9.94. The van der Waals surface area contributed by atoms with Crippen LogP contribution in [0.4, 0.5) is 0 Å². The number of carbonyl (C=O) groups excluding carboxylic acids is 2. The molecule has 30 heavy (non-hydrogen) atoms. The van der Waals surface area contributed by atoms with Gasteiger partial charge in [0, 0.05) is 47.1 Å². The van der Waals surface area contributed by atoms with Crippen LogP contribution in [0.2, 0.25) is 5.02 Å². The van der Waals surface area contributed by atoms with Crippen LogP contribution < -0.4 is 0 Å². The minimum atomic E-state index is -0.292. The van der Waals surface area contributed by atoms with Crippen LogP contribution in [-0.4, -0.2) is 23.4 Å². The van der Waals surface area contributed by atoms with Gasteiger partial charge in [-0.3, -0.25) is 9.59 Å². The third kappa shape index (κ3) is 5.11. The van der Waals surface area contributed by atoms with Gasteiger partial charge >= 0.3 is 5.97 Å². The van der Waals surface area contributed by atoms with E-state index in [1.165, 1.54) is 12.7 Å². The van der Waals surface area contributed by atoms with Crippen LogP contribution in [0.15, 0.2) is 48.5 Å². The van der Waals surface area contributed by atoms with Crippen LogP contribution in [0.3, 0.4) is 0 Å². The van der Waals surface area contributed by atoms with Crippen molar-refractivity contribution in [3.05, 3.63) is 70.4 Å². The number of ether oxygens (including phenoxy) is 1. The van der Waals surface area contributed by atoms with E-state index < -0.39 is 0 Å². The zero-order valence-corrected chi connectivity index (χ0v) is 18.5. The van der Waals surface area contributed by atoms with Crippen molar-refractivity contribution in [3.63, 3.8) is 0 Å². The highest BCUT2D eigenvalue weighted by molar-refractivity contribution is 6.31. The molecule has 3 aromatic rings. The summed E-state index contributed by atoms with van der Waals surface area (Å²) in [6, 6.07) is 16.1. The molecule has 3 rings (SSSR count). The molecule has 0 saturated carbocycles. The molecular weight excluding hydrogens is 398 g/mol. The molecule has 1 atom stereocenters. The first-order chi connectivity index (χ1) is 14.4. The fourth-order valence-electron chi connectivity index (χ4n) is 4.04. The zero-order chi connectivity index (χ0) is 21.7. The van der Waals surface area contributed by atoms with Gasteiger partial charge in [0.25, 0.3) is 0 Å². The van der Waals surface area contributed by atoms with Crippen molar-refractivity contribution in [2.75, 3.05) is 7.11 Å². The lowest BCUT2D eigenvalue weighted by Gasteiger charge is -2.11. The van der Waals surface area contributed by atoms with Crippen molar-refractivity contribution in [2.45, 2.75) is 39.0 Å². The Morgan fingerprint density at radius 2 is 1.80 bits per heavy atom. The number of nitrogens with zero attached hydrogens (tertiary/aromatic N) is 1. The lowest BCUT2D eigenvalue weighted by molar-refractivity contribution is -0.141. The smallest absolute Gasteiger partial charge is 0.305 e. The van der Waals surface area contributed by atoms with Gasteiger partial charge in [-0.05, 0) is 48.9 Å². The van der Waals surface area contributed by atoms with E-state index in [9.17, 15) is 9.59 Å². The lowest BCUT2D eigenvalue weighted by Crippen LogP contribution is -2.13. The van der Waals surface area contributed by atoms with Crippen molar-refractivity contribution in [1.82, 2.24) is 4.57 Å². The summed E-state index contributed by atoms with van der Waals surface area (Å²) in [5.41, 5.74) is 4.05. The largest absolute Gasteiger partial charge is 0.469 e. The Balaban J connectivity index is 1.88. The minimum absolute atomic E-state index is 0.0500. The average molecular weight is 426 g/mol. The Morgan fingerprint density at radius 3 is 2.50 bits per heavy atom. The minimum Gasteiger partial charge on any atom is -0.469 e. The first kappa shape index (κ1) is 22.1. The summed E-state index contributed by atoms with van der Waals surface area (Å²) in [4.78, 5) is 24.9. The highest BCUT2D eigenvalue weighted by atomic mass is 35.5. The number of aryl methyl sites for hydroxylation is 2. The number of hydrogen-bond acceptors (Lipinski definition) is 3. The molecular formula is C25H28ClNO3. The summed E-state index contributed by atoms with van der Waals surface area (Å²) in [5.74, 6) is -0.329. The summed E-state index contributed by atoms with van der Waals surface area (Å²) >= 11 is 6.25. The van der Waals surface area contributed by atoms with E-state index in [1.807, 2.05) is 50.4 Å². The van der Waals surface area contributed by atoms with Gasteiger partial charge in [-0.1, -0.05) is 48.9 Å². The number of fused-ring (bicyclic) bond motifs is 1. The molecule has 0 aliphatic rings. The van der Waals surface area contributed by atoms with Gasteiger partial charge in [0.2, 0.25) is 0 Å². The van der Waals surface area contributed by atoms with Crippen molar-refractivity contribution < 1.29 is 14.3 Å². The van der Waals surface area contributed by atoms with Crippen LogP contribution in [-0.2, 0) is 29.4 Å². The van der Waals surface area contributed by atoms with Crippen molar-refractivity contribution in [2.24, 2.45) is 13.0 Å². The Hall–Kier alpha value is -2.59. The number of methoxy groups -OCH3 is 1. The molecule has 0 radical (unpaired) electrons. The standard InChI is InChI=1S/C25H28ClNO3/c1-17(15-24(29)30-3)14-23(28)25-20-16-19(26)12-13-21(20)27(2)22(25)11-7-10-18-8-5-4-6-9-18/h4-6,8-9,12-13,16-17H,7,10-11,14-15H2,1-3H3. The molecule has 0 fully saturated rings. The second-order valence-electron chi connectivity index (χ2n) is 7.89. The first-order valence-electron chi connectivity index (χ1n) is 10.3. The summed E-state index contributed by atoms with van der Waals surface area (Å²) < 4.78 is 6.85. The van der Waals surface area contributed by atoms with Crippen LogP contribution in [0, 0.1) is 5.92 Å². The van der Waals surface area contributed by atoms with Crippen molar-refractivity contribution >= 4 is 34.3 Å². The number of rotatable bonds is 9. The van der Waals surface area contributed by atoms with Crippen LogP contribution >= 0.6 is 11.6 Å². The summed E-state index contributed by atoms with van der Waals surface area (Å²) in [7, 11) is 3.37. The second kappa shape index (κ2) is 9.94. The van der Waals surface area contributed by atoms with Crippen LogP contribution in [0.5, 0.6) is 0 Å². The predicted octanol–water partition coefficient (Wildman–Crippen LogP) is 5.78. The number of esters is 1. The third-order valence-corrected chi connectivity index (χ3v) is 5.80. The maximum Gasteiger partial charge on any atom is 0.305 e. The summed E-state index contributed by atoms with van der Waals surface area (Å²) in [6.07, 6.45) is 3.23. The van der Waals surface area contributed by atoms with E-state index in [0.717, 1.165) is 41.4 Å². The number of benzene rings is 2. The molecule has 0 bridgehead atoms. The van der Waals surface area contributed by atoms with Crippen molar-refractivity contribution in [1.29, 1.82) is 0 Å². The van der Waals surface area contributed by atoms with E-state index in [4.69, 9.17) is 16.3 Å². The Morgan fingerprint density at radius 1 is 1.07 bits per heavy atom. The van der Waals surface area contributed by atoms with E-state index in [1.54, 1.807) is 0 Å². The van der Waals surface area contributed by atoms with Crippen molar-refractivity contribution in [3.8, 4) is 0 Å². The quantitative estimate of drug-likeness (QED) is 0.322. The fourth-order valence-corrected chi connectivity index (χ4v) is 4.21. The number of carbonyl (C=O) groups is 2. The highest BCUT2D eigenvalue weighted by Gasteiger charge is 2.23. The molecule has 0 amide bonds. The van der Waals surface area contributed by atoms with Gasteiger partial charge in [0.15, 0.2) is 5.78 Å². The second-order valence-corrected chi connectivity index (χ2v) is 8.33. The Bertz CT molecular complexity index is 1040. The number of halogens is 1.